The highest BCUT2D eigenvalue weighted by atomic mass is 35.5. The van der Waals surface area contributed by atoms with Crippen molar-refractivity contribution in [3.63, 3.8) is 0 Å². The van der Waals surface area contributed by atoms with Gasteiger partial charge in [0.2, 0.25) is 5.78 Å². The van der Waals surface area contributed by atoms with Crippen LogP contribution in [0.5, 0.6) is 5.75 Å². The third-order valence-electron chi connectivity index (χ3n) is 3.84. The van der Waals surface area contributed by atoms with E-state index in [0.717, 1.165) is 22.1 Å². The zero-order chi connectivity index (χ0) is 17.3. The van der Waals surface area contributed by atoms with Crippen LogP contribution < -0.4 is 4.74 Å². The lowest BCUT2D eigenvalue weighted by Crippen LogP contribution is -2.12. The minimum atomic E-state index is -0.0569. The third kappa shape index (κ3) is 3.23. The molecule has 124 valence electrons. The monoisotopic (exact) mass is 360 g/mol. The highest BCUT2D eigenvalue weighted by Gasteiger charge is 2.18. The van der Waals surface area contributed by atoms with Gasteiger partial charge in [0.25, 0.3) is 0 Å². The van der Waals surface area contributed by atoms with Crippen LogP contribution in [0, 0.1) is 20.8 Å². The van der Waals surface area contributed by atoms with E-state index < -0.39 is 0 Å². The fourth-order valence-electron chi connectivity index (χ4n) is 2.60. The van der Waals surface area contributed by atoms with Gasteiger partial charge in [0.1, 0.15) is 5.75 Å². The molecule has 0 aliphatic carbocycles. The van der Waals surface area contributed by atoms with E-state index in [-0.39, 0.29) is 12.4 Å². The van der Waals surface area contributed by atoms with Crippen LogP contribution >= 0.6 is 22.9 Å². The van der Waals surface area contributed by atoms with Gasteiger partial charge in [-0.15, -0.1) is 11.3 Å². The number of halogens is 1. The highest BCUT2D eigenvalue weighted by molar-refractivity contribution is 7.12. The molecule has 0 radical (unpaired) electrons. The number of Topliss-reactive ketones (excluding diaryl/α,β-unsaturated/α-hetero) is 1. The van der Waals surface area contributed by atoms with E-state index in [4.69, 9.17) is 16.3 Å². The summed E-state index contributed by atoms with van der Waals surface area (Å²) in [5, 5.41) is 3.46. The van der Waals surface area contributed by atoms with E-state index in [1.165, 1.54) is 11.3 Å². The van der Waals surface area contributed by atoms with Gasteiger partial charge in [-0.1, -0.05) is 11.6 Å². The number of carbonyl (C=O) groups is 1. The molecule has 0 saturated heterocycles. The third-order valence-corrected chi connectivity index (χ3v) is 5.02. The Kier molecular flexibility index (Phi) is 4.73. The van der Waals surface area contributed by atoms with Gasteiger partial charge in [0, 0.05) is 33.6 Å². The molecule has 6 heteroatoms. The van der Waals surface area contributed by atoms with Crippen molar-refractivity contribution < 1.29 is 9.53 Å². The van der Waals surface area contributed by atoms with E-state index in [9.17, 15) is 4.79 Å². The number of nitrogens with zero attached hydrogens (tertiary/aromatic N) is 2. The van der Waals surface area contributed by atoms with Crippen molar-refractivity contribution in [2.75, 3.05) is 6.61 Å². The van der Waals surface area contributed by atoms with Crippen molar-refractivity contribution in [2.45, 2.75) is 20.8 Å². The predicted molar refractivity (Wildman–Crippen MR) is 96.9 cm³/mol. The molecular formula is C18H17ClN2O2S. The van der Waals surface area contributed by atoms with Crippen molar-refractivity contribution in [2.24, 2.45) is 0 Å². The summed E-state index contributed by atoms with van der Waals surface area (Å²) in [6.07, 6.45) is 1.76. The second-order valence-electron chi connectivity index (χ2n) is 5.56. The molecule has 0 aliphatic rings. The molecule has 0 N–H and O–H groups in total. The molecule has 24 heavy (non-hydrogen) atoms. The largest absolute Gasteiger partial charge is 0.485 e. The Morgan fingerprint density at radius 2 is 2.08 bits per heavy atom. The van der Waals surface area contributed by atoms with Crippen LogP contribution in [0.2, 0.25) is 5.02 Å². The zero-order valence-corrected chi connectivity index (χ0v) is 15.2. The van der Waals surface area contributed by atoms with Crippen molar-refractivity contribution in [1.29, 1.82) is 0 Å². The molecule has 2 aromatic heterocycles. The fourth-order valence-corrected chi connectivity index (χ4v) is 3.47. The molecule has 1 aromatic carbocycles. The first-order chi connectivity index (χ1) is 11.5. The van der Waals surface area contributed by atoms with Crippen LogP contribution in [-0.4, -0.2) is 21.9 Å². The smallest absolute Gasteiger partial charge is 0.202 e. The Balaban J connectivity index is 1.78. The molecule has 2 heterocycles. The summed E-state index contributed by atoms with van der Waals surface area (Å²) in [4.78, 5) is 16.9. The molecule has 0 unspecified atom stereocenters. The van der Waals surface area contributed by atoms with Crippen molar-refractivity contribution >= 4 is 28.7 Å². The summed E-state index contributed by atoms with van der Waals surface area (Å²) in [5.41, 5.74) is 3.44. The quantitative estimate of drug-likeness (QED) is 0.615. The number of ether oxygens (including phenoxy) is 1. The van der Waals surface area contributed by atoms with E-state index in [1.807, 2.05) is 42.9 Å². The molecule has 3 aromatic rings. The number of hydrogen-bond donors (Lipinski definition) is 0. The topological polar surface area (TPSA) is 44.1 Å². The van der Waals surface area contributed by atoms with Gasteiger partial charge in [0.15, 0.2) is 11.7 Å². The van der Waals surface area contributed by atoms with Crippen LogP contribution in [0.15, 0.2) is 35.8 Å². The van der Waals surface area contributed by atoms with E-state index in [1.54, 1.807) is 18.3 Å². The lowest BCUT2D eigenvalue weighted by molar-refractivity contribution is 0.0921. The van der Waals surface area contributed by atoms with Crippen molar-refractivity contribution in [3.8, 4) is 10.9 Å². The van der Waals surface area contributed by atoms with Crippen LogP contribution in [0.1, 0.15) is 27.3 Å². The zero-order valence-electron chi connectivity index (χ0n) is 13.7. The minimum absolute atomic E-state index is 0.0107. The average Bonchev–Trinajstić information content (AvgIpc) is 3.16. The first-order valence-corrected chi connectivity index (χ1v) is 8.74. The summed E-state index contributed by atoms with van der Waals surface area (Å²) in [6, 6.07) is 7.25. The van der Waals surface area contributed by atoms with Gasteiger partial charge in [-0.2, -0.15) is 0 Å². The second kappa shape index (κ2) is 6.79. The number of hydrogen-bond acceptors (Lipinski definition) is 4. The number of thiazole rings is 1. The normalized spacial score (nSPS) is 10.8. The van der Waals surface area contributed by atoms with Crippen molar-refractivity contribution in [1.82, 2.24) is 9.55 Å². The Labute approximate surface area is 149 Å². The van der Waals surface area contributed by atoms with Crippen LogP contribution in [0.25, 0.3) is 5.13 Å². The van der Waals surface area contributed by atoms with Gasteiger partial charge in [-0.3, -0.25) is 9.36 Å². The molecule has 0 atom stereocenters. The molecule has 3 rings (SSSR count). The number of rotatable bonds is 5. The maximum absolute atomic E-state index is 12.5. The molecule has 0 spiro atoms. The lowest BCUT2D eigenvalue weighted by atomic mass is 10.1. The summed E-state index contributed by atoms with van der Waals surface area (Å²) in [6.45, 7) is 5.78. The predicted octanol–water partition coefficient (Wildman–Crippen LogP) is 4.77. The maximum atomic E-state index is 12.5. The number of ketones is 1. The van der Waals surface area contributed by atoms with E-state index in [0.29, 0.717) is 16.3 Å². The molecule has 0 saturated carbocycles. The summed E-state index contributed by atoms with van der Waals surface area (Å²) < 4.78 is 7.61. The number of aryl methyl sites for hydroxylation is 2. The first kappa shape index (κ1) is 16.7. The van der Waals surface area contributed by atoms with Gasteiger partial charge >= 0.3 is 0 Å². The molecule has 0 bridgehead atoms. The molecule has 0 fully saturated rings. The van der Waals surface area contributed by atoms with Crippen LogP contribution in [0.4, 0.5) is 0 Å². The van der Waals surface area contributed by atoms with Crippen LogP contribution in [-0.2, 0) is 0 Å². The van der Waals surface area contributed by atoms with E-state index in [2.05, 4.69) is 4.98 Å². The maximum Gasteiger partial charge on any atom is 0.202 e. The van der Waals surface area contributed by atoms with Gasteiger partial charge < -0.3 is 4.74 Å². The Hall–Kier alpha value is -2.11. The highest BCUT2D eigenvalue weighted by Crippen LogP contribution is 2.24. The van der Waals surface area contributed by atoms with Crippen LogP contribution in [0.3, 0.4) is 0 Å². The first-order valence-electron chi connectivity index (χ1n) is 7.48. The summed E-state index contributed by atoms with van der Waals surface area (Å²) >= 11 is 7.54. The molecule has 0 aliphatic heterocycles. The summed E-state index contributed by atoms with van der Waals surface area (Å²) in [7, 11) is 0. The van der Waals surface area contributed by atoms with E-state index >= 15 is 0 Å². The Morgan fingerprint density at radius 1 is 1.29 bits per heavy atom. The number of benzene rings is 1. The fraction of sp³-hybridized carbons (Fsp3) is 0.222. The molecule has 4 nitrogen and oxygen atoms in total. The molecule has 0 amide bonds. The van der Waals surface area contributed by atoms with Gasteiger partial charge in [-0.05, 0) is 50.6 Å². The average molecular weight is 361 g/mol. The standard InChI is InChI=1S/C18H17ClN2O2S/c1-11-8-14(4-5-16(11)19)23-10-17(22)15-9-12(2)21(13(15)3)18-20-6-7-24-18/h4-9H,10H2,1-3H3. The lowest BCUT2D eigenvalue weighted by Gasteiger charge is -2.08. The number of aromatic nitrogens is 2. The second-order valence-corrected chi connectivity index (χ2v) is 6.84. The summed E-state index contributed by atoms with van der Waals surface area (Å²) in [5.74, 6) is 0.581. The van der Waals surface area contributed by atoms with Gasteiger partial charge in [0.05, 0.1) is 0 Å². The number of carbonyl (C=O) groups excluding carboxylic acids is 1. The Morgan fingerprint density at radius 3 is 2.75 bits per heavy atom. The Bertz CT molecular complexity index is 885. The molecular weight excluding hydrogens is 344 g/mol. The van der Waals surface area contributed by atoms with Gasteiger partial charge in [-0.25, -0.2) is 4.98 Å². The minimum Gasteiger partial charge on any atom is -0.485 e. The SMILES string of the molecule is Cc1cc(OCC(=O)c2cc(C)n(-c3nccs3)c2C)ccc1Cl. The van der Waals surface area contributed by atoms with Crippen molar-refractivity contribution in [3.05, 3.63) is 63.4 Å².